The Morgan fingerprint density at radius 1 is 1.16 bits per heavy atom. The van der Waals surface area contributed by atoms with Crippen LogP contribution >= 0.6 is 15.9 Å². The molecule has 1 aromatic carbocycles. The number of dihydropyridines is 1. The van der Waals surface area contributed by atoms with Crippen molar-refractivity contribution in [1.29, 1.82) is 0 Å². The lowest BCUT2D eigenvalue weighted by Crippen LogP contribution is -2.28. The smallest absolute Gasteiger partial charge is 0.336 e. The molecule has 1 aliphatic rings. The van der Waals surface area contributed by atoms with E-state index in [0.717, 1.165) is 32.6 Å². The van der Waals surface area contributed by atoms with Gasteiger partial charge in [-0.1, -0.05) is 34.1 Å². The monoisotopic (exact) mass is 398 g/mol. The average molecular weight is 399 g/mol. The van der Waals surface area contributed by atoms with E-state index in [4.69, 9.17) is 4.74 Å². The van der Waals surface area contributed by atoms with Crippen molar-refractivity contribution in [2.45, 2.75) is 19.8 Å². The van der Waals surface area contributed by atoms with Crippen molar-refractivity contribution in [3.05, 3.63) is 81.4 Å². The lowest BCUT2D eigenvalue weighted by atomic mass is 9.78. The number of halogens is 1. The molecule has 4 nitrogen and oxygen atoms in total. The highest BCUT2D eigenvalue weighted by molar-refractivity contribution is 9.10. The summed E-state index contributed by atoms with van der Waals surface area (Å²) in [5.74, 6) is -0.544. The number of methoxy groups -OCH3 is 1. The summed E-state index contributed by atoms with van der Waals surface area (Å²) in [6, 6.07) is 11.9. The Balaban J connectivity index is 2.23. The number of ether oxygens (including phenoxy) is 1. The number of allylic oxidation sites excluding steroid dienone is 3. The first kappa shape index (κ1) is 17.4. The van der Waals surface area contributed by atoms with Crippen LogP contribution in [0, 0.1) is 0 Å². The number of nitrogens with one attached hydrogen (secondary N) is 1. The Bertz CT molecular complexity index is 855. The van der Waals surface area contributed by atoms with Gasteiger partial charge in [-0.15, -0.1) is 0 Å². The van der Waals surface area contributed by atoms with Crippen molar-refractivity contribution < 1.29 is 9.53 Å². The second-order valence-electron chi connectivity index (χ2n) is 5.92. The van der Waals surface area contributed by atoms with Gasteiger partial charge >= 0.3 is 5.97 Å². The fourth-order valence-electron chi connectivity index (χ4n) is 3.27. The maximum absolute atomic E-state index is 12.5. The zero-order valence-corrected chi connectivity index (χ0v) is 15.9. The lowest BCUT2D eigenvalue weighted by Gasteiger charge is -2.31. The summed E-state index contributed by atoms with van der Waals surface area (Å²) >= 11 is 3.47. The molecular formula is C20H19BrN2O2. The Morgan fingerprint density at radius 2 is 1.88 bits per heavy atom. The van der Waals surface area contributed by atoms with Gasteiger partial charge in [-0.3, -0.25) is 4.98 Å². The van der Waals surface area contributed by atoms with Crippen LogP contribution in [0.15, 0.2) is 70.2 Å². The van der Waals surface area contributed by atoms with Crippen molar-refractivity contribution in [1.82, 2.24) is 10.3 Å². The number of rotatable bonds is 3. The molecular weight excluding hydrogens is 380 g/mol. The molecule has 5 heteroatoms. The number of carbonyl (C=O) groups excluding carboxylic acids is 1. The SMILES string of the molecule is COC(=O)C1=C(C)NC(C)=C(c2cccnc2)C1c1ccc(Br)cc1. The number of nitrogens with zero attached hydrogens (tertiary/aromatic N) is 1. The zero-order valence-electron chi connectivity index (χ0n) is 14.3. The highest BCUT2D eigenvalue weighted by Crippen LogP contribution is 2.43. The molecule has 128 valence electrons. The second-order valence-corrected chi connectivity index (χ2v) is 6.84. The summed E-state index contributed by atoms with van der Waals surface area (Å²) in [4.78, 5) is 16.8. The molecule has 0 spiro atoms. The number of carbonyl (C=O) groups is 1. The molecule has 0 fully saturated rings. The van der Waals surface area contributed by atoms with Gasteiger partial charge in [0.1, 0.15) is 0 Å². The topological polar surface area (TPSA) is 51.2 Å². The molecule has 0 amide bonds. The van der Waals surface area contributed by atoms with Crippen LogP contribution in [0.5, 0.6) is 0 Å². The van der Waals surface area contributed by atoms with E-state index in [9.17, 15) is 4.79 Å². The number of aromatic nitrogens is 1. The summed E-state index contributed by atoms with van der Waals surface area (Å²) in [7, 11) is 1.41. The highest BCUT2D eigenvalue weighted by Gasteiger charge is 2.34. The van der Waals surface area contributed by atoms with Gasteiger partial charge in [-0.05, 0) is 48.7 Å². The molecule has 1 aromatic heterocycles. The molecule has 0 radical (unpaired) electrons. The molecule has 1 N–H and O–H groups in total. The van der Waals surface area contributed by atoms with Gasteiger partial charge in [0.15, 0.2) is 0 Å². The first-order valence-corrected chi connectivity index (χ1v) is 8.75. The normalized spacial score (nSPS) is 17.4. The summed E-state index contributed by atoms with van der Waals surface area (Å²) < 4.78 is 6.07. The van der Waals surface area contributed by atoms with Crippen LogP contribution in [0.3, 0.4) is 0 Å². The molecule has 1 aliphatic heterocycles. The van der Waals surface area contributed by atoms with E-state index in [1.165, 1.54) is 7.11 Å². The van der Waals surface area contributed by atoms with E-state index < -0.39 is 0 Å². The standard InChI is InChI=1S/C20H19BrN2O2/c1-12-17(15-5-4-10-22-11-15)19(14-6-8-16(21)9-7-14)18(13(2)23-12)20(24)25-3/h4-11,19,23H,1-3H3. The van der Waals surface area contributed by atoms with E-state index in [-0.39, 0.29) is 11.9 Å². The van der Waals surface area contributed by atoms with E-state index in [1.807, 2.05) is 56.4 Å². The summed E-state index contributed by atoms with van der Waals surface area (Å²) in [6.45, 7) is 3.92. The molecule has 25 heavy (non-hydrogen) atoms. The first-order chi connectivity index (χ1) is 12.0. The maximum atomic E-state index is 12.5. The highest BCUT2D eigenvalue weighted by atomic mass is 79.9. The van der Waals surface area contributed by atoms with Crippen LogP contribution in [-0.4, -0.2) is 18.1 Å². The number of benzene rings is 1. The third-order valence-electron chi connectivity index (χ3n) is 4.34. The van der Waals surface area contributed by atoms with Gasteiger partial charge in [-0.25, -0.2) is 4.79 Å². The Labute approximate surface area is 155 Å². The Morgan fingerprint density at radius 3 is 2.48 bits per heavy atom. The fraction of sp³-hybridized carbons (Fsp3) is 0.200. The van der Waals surface area contributed by atoms with E-state index in [0.29, 0.717) is 5.57 Å². The molecule has 0 saturated heterocycles. The Kier molecular flexibility index (Phi) is 5.04. The number of hydrogen-bond acceptors (Lipinski definition) is 4. The molecule has 1 atom stereocenters. The van der Waals surface area contributed by atoms with E-state index in [2.05, 4.69) is 26.2 Å². The van der Waals surface area contributed by atoms with Crippen LogP contribution in [0.2, 0.25) is 0 Å². The number of pyridine rings is 1. The summed E-state index contributed by atoms with van der Waals surface area (Å²) in [6.07, 6.45) is 3.56. The largest absolute Gasteiger partial charge is 0.466 e. The molecule has 0 saturated carbocycles. The summed E-state index contributed by atoms with van der Waals surface area (Å²) in [5.41, 5.74) is 5.48. The van der Waals surface area contributed by atoms with Gasteiger partial charge in [0.2, 0.25) is 0 Å². The van der Waals surface area contributed by atoms with Crippen molar-refractivity contribution in [2.75, 3.05) is 7.11 Å². The minimum atomic E-state index is -0.327. The second kappa shape index (κ2) is 7.23. The van der Waals surface area contributed by atoms with Crippen LogP contribution in [0.1, 0.15) is 30.9 Å². The molecule has 0 aliphatic carbocycles. The lowest BCUT2D eigenvalue weighted by molar-refractivity contribution is -0.136. The maximum Gasteiger partial charge on any atom is 0.336 e. The quantitative estimate of drug-likeness (QED) is 0.777. The van der Waals surface area contributed by atoms with Crippen molar-refractivity contribution in [3.63, 3.8) is 0 Å². The zero-order chi connectivity index (χ0) is 18.0. The third kappa shape index (κ3) is 3.37. The first-order valence-electron chi connectivity index (χ1n) is 7.95. The van der Waals surface area contributed by atoms with E-state index in [1.54, 1.807) is 6.20 Å². The predicted octanol–water partition coefficient (Wildman–Crippen LogP) is 4.41. The van der Waals surface area contributed by atoms with Crippen molar-refractivity contribution >= 4 is 27.5 Å². The van der Waals surface area contributed by atoms with Gasteiger partial charge in [0.05, 0.1) is 12.7 Å². The van der Waals surface area contributed by atoms with Crippen LogP contribution < -0.4 is 5.32 Å². The summed E-state index contributed by atoms with van der Waals surface area (Å²) in [5, 5.41) is 3.33. The third-order valence-corrected chi connectivity index (χ3v) is 4.87. The van der Waals surface area contributed by atoms with Crippen LogP contribution in [0.25, 0.3) is 5.57 Å². The van der Waals surface area contributed by atoms with Crippen LogP contribution in [0.4, 0.5) is 0 Å². The molecule has 3 rings (SSSR count). The predicted molar refractivity (Wildman–Crippen MR) is 102 cm³/mol. The molecule has 0 bridgehead atoms. The fourth-order valence-corrected chi connectivity index (χ4v) is 3.53. The number of esters is 1. The minimum absolute atomic E-state index is 0.217. The van der Waals surface area contributed by atoms with E-state index >= 15 is 0 Å². The van der Waals surface area contributed by atoms with Gasteiger partial charge in [0.25, 0.3) is 0 Å². The minimum Gasteiger partial charge on any atom is -0.466 e. The van der Waals surface area contributed by atoms with Gasteiger partial charge in [0, 0.05) is 34.2 Å². The molecule has 2 aromatic rings. The molecule has 1 unspecified atom stereocenters. The van der Waals surface area contributed by atoms with Gasteiger partial charge < -0.3 is 10.1 Å². The molecule has 2 heterocycles. The Hall–Kier alpha value is -2.40. The van der Waals surface area contributed by atoms with Crippen LogP contribution in [-0.2, 0) is 9.53 Å². The number of hydrogen-bond donors (Lipinski definition) is 1. The van der Waals surface area contributed by atoms with Crippen molar-refractivity contribution in [2.24, 2.45) is 0 Å². The van der Waals surface area contributed by atoms with Gasteiger partial charge in [-0.2, -0.15) is 0 Å². The average Bonchev–Trinajstić information content (AvgIpc) is 2.62. The van der Waals surface area contributed by atoms with Crippen molar-refractivity contribution in [3.8, 4) is 0 Å².